The Labute approximate surface area is 166 Å². The molecule has 0 spiro atoms. The highest BCUT2D eigenvalue weighted by molar-refractivity contribution is 5.81. The number of carbonyl (C=O) groups is 2. The van der Waals surface area contributed by atoms with E-state index in [1.807, 2.05) is 49.1 Å². The monoisotopic (exact) mass is 383 g/mol. The zero-order valence-electron chi connectivity index (χ0n) is 16.9. The van der Waals surface area contributed by atoms with Gasteiger partial charge in [0, 0.05) is 38.8 Å². The topological polar surface area (TPSA) is 81.3 Å². The minimum Gasteiger partial charge on any atom is -0.336 e. The Kier molecular flexibility index (Phi) is 6.34. The number of likely N-dealkylation sites (tertiary alicyclic amines) is 1. The Bertz CT molecular complexity index is 798. The van der Waals surface area contributed by atoms with E-state index in [-0.39, 0.29) is 18.0 Å². The van der Waals surface area contributed by atoms with Crippen LogP contribution in [0.5, 0.6) is 0 Å². The third kappa shape index (κ3) is 4.91. The standard InChI is InChI=1S/C21H29N5O2/c1-15-19(16(2)24-23-15)10-7-11-25(3)21(28)22-18-12-20(27)26(14-18)13-17-8-5-4-6-9-17/h4-6,8-9,18H,7,10-14H2,1-3H3,(H,22,28)(H,23,24)/t18-/m0/s1. The molecule has 1 aliphatic heterocycles. The number of urea groups is 1. The maximum absolute atomic E-state index is 12.5. The number of amides is 3. The predicted molar refractivity (Wildman–Crippen MR) is 108 cm³/mol. The van der Waals surface area contributed by atoms with Crippen molar-refractivity contribution in [1.29, 1.82) is 0 Å². The largest absolute Gasteiger partial charge is 0.336 e. The normalized spacial score (nSPS) is 16.5. The number of H-pyrrole nitrogens is 1. The summed E-state index contributed by atoms with van der Waals surface area (Å²) in [6.45, 7) is 5.81. The zero-order valence-corrected chi connectivity index (χ0v) is 16.9. The van der Waals surface area contributed by atoms with Crippen LogP contribution in [0.3, 0.4) is 0 Å². The number of nitrogens with zero attached hydrogens (tertiary/aromatic N) is 3. The predicted octanol–water partition coefficient (Wildman–Crippen LogP) is 2.40. The highest BCUT2D eigenvalue weighted by Gasteiger charge is 2.31. The first-order valence-electron chi connectivity index (χ1n) is 9.78. The highest BCUT2D eigenvalue weighted by atomic mass is 16.2. The molecule has 2 heterocycles. The van der Waals surface area contributed by atoms with Crippen LogP contribution in [0.2, 0.25) is 0 Å². The van der Waals surface area contributed by atoms with Gasteiger partial charge in [0.25, 0.3) is 0 Å². The van der Waals surface area contributed by atoms with Crippen molar-refractivity contribution >= 4 is 11.9 Å². The number of benzene rings is 1. The number of aromatic amines is 1. The van der Waals surface area contributed by atoms with Gasteiger partial charge in [-0.2, -0.15) is 5.10 Å². The average Bonchev–Trinajstić information content (AvgIpc) is 3.18. The highest BCUT2D eigenvalue weighted by Crippen LogP contribution is 2.16. The molecular weight excluding hydrogens is 354 g/mol. The van der Waals surface area contributed by atoms with Gasteiger partial charge in [0.05, 0.1) is 11.7 Å². The number of nitrogens with one attached hydrogen (secondary N) is 2. The fraction of sp³-hybridized carbons (Fsp3) is 0.476. The van der Waals surface area contributed by atoms with Crippen molar-refractivity contribution in [2.24, 2.45) is 0 Å². The van der Waals surface area contributed by atoms with Gasteiger partial charge in [-0.3, -0.25) is 9.89 Å². The first kappa shape index (κ1) is 19.9. The maximum Gasteiger partial charge on any atom is 0.317 e. The molecular formula is C21H29N5O2. The minimum absolute atomic E-state index is 0.0858. The van der Waals surface area contributed by atoms with E-state index in [1.54, 1.807) is 11.9 Å². The molecule has 0 aliphatic carbocycles. The number of carbonyl (C=O) groups excluding carboxylic acids is 2. The fourth-order valence-corrected chi connectivity index (χ4v) is 3.65. The lowest BCUT2D eigenvalue weighted by Gasteiger charge is -2.21. The first-order valence-corrected chi connectivity index (χ1v) is 9.78. The van der Waals surface area contributed by atoms with Crippen molar-refractivity contribution in [1.82, 2.24) is 25.3 Å². The summed E-state index contributed by atoms with van der Waals surface area (Å²) in [5.41, 5.74) is 4.44. The minimum atomic E-state index is -0.135. The van der Waals surface area contributed by atoms with Gasteiger partial charge >= 0.3 is 6.03 Å². The van der Waals surface area contributed by atoms with E-state index in [0.717, 1.165) is 29.8 Å². The molecule has 1 aromatic carbocycles. The van der Waals surface area contributed by atoms with Crippen molar-refractivity contribution in [3.8, 4) is 0 Å². The van der Waals surface area contributed by atoms with Gasteiger partial charge in [-0.1, -0.05) is 30.3 Å². The number of rotatable bonds is 7. The van der Waals surface area contributed by atoms with Crippen LogP contribution in [0.15, 0.2) is 30.3 Å². The zero-order chi connectivity index (χ0) is 20.1. The first-order chi connectivity index (χ1) is 13.4. The molecule has 2 N–H and O–H groups in total. The molecule has 0 unspecified atom stereocenters. The molecule has 0 saturated carbocycles. The molecule has 0 radical (unpaired) electrons. The third-order valence-electron chi connectivity index (χ3n) is 5.31. The van der Waals surface area contributed by atoms with E-state index in [4.69, 9.17) is 0 Å². The third-order valence-corrected chi connectivity index (χ3v) is 5.31. The summed E-state index contributed by atoms with van der Waals surface area (Å²) >= 11 is 0. The summed E-state index contributed by atoms with van der Waals surface area (Å²) in [5, 5.41) is 10.2. The van der Waals surface area contributed by atoms with Crippen LogP contribution in [0, 0.1) is 13.8 Å². The number of aromatic nitrogens is 2. The number of hydrogen-bond acceptors (Lipinski definition) is 3. The summed E-state index contributed by atoms with van der Waals surface area (Å²) in [6.07, 6.45) is 2.12. The summed E-state index contributed by atoms with van der Waals surface area (Å²) in [6, 6.07) is 9.66. The van der Waals surface area contributed by atoms with E-state index in [1.165, 1.54) is 5.56 Å². The van der Waals surface area contributed by atoms with E-state index >= 15 is 0 Å². The molecule has 7 nitrogen and oxygen atoms in total. The van der Waals surface area contributed by atoms with Crippen molar-refractivity contribution in [2.45, 2.75) is 45.7 Å². The van der Waals surface area contributed by atoms with Gasteiger partial charge in [-0.25, -0.2) is 4.79 Å². The van der Waals surface area contributed by atoms with Gasteiger partial charge in [-0.15, -0.1) is 0 Å². The second-order valence-corrected chi connectivity index (χ2v) is 7.55. The average molecular weight is 383 g/mol. The van der Waals surface area contributed by atoms with Gasteiger partial charge in [0.2, 0.25) is 5.91 Å². The van der Waals surface area contributed by atoms with E-state index in [2.05, 4.69) is 15.5 Å². The smallest absolute Gasteiger partial charge is 0.317 e. The molecule has 7 heteroatoms. The van der Waals surface area contributed by atoms with Crippen LogP contribution in [-0.4, -0.2) is 58.1 Å². The molecule has 28 heavy (non-hydrogen) atoms. The second kappa shape index (κ2) is 8.91. The molecule has 1 fully saturated rings. The molecule has 1 aromatic heterocycles. The van der Waals surface area contributed by atoms with Gasteiger partial charge in [-0.05, 0) is 37.8 Å². The molecule has 150 valence electrons. The van der Waals surface area contributed by atoms with Crippen LogP contribution < -0.4 is 5.32 Å². The Balaban J connectivity index is 1.43. The van der Waals surface area contributed by atoms with Gasteiger partial charge in [0.1, 0.15) is 0 Å². The number of aryl methyl sites for hydroxylation is 2. The van der Waals surface area contributed by atoms with Crippen molar-refractivity contribution in [2.75, 3.05) is 20.1 Å². The van der Waals surface area contributed by atoms with Crippen LogP contribution in [-0.2, 0) is 17.8 Å². The van der Waals surface area contributed by atoms with Crippen LogP contribution in [0.1, 0.15) is 35.4 Å². The number of hydrogen-bond donors (Lipinski definition) is 2. The summed E-state index contributed by atoms with van der Waals surface area (Å²) < 4.78 is 0. The van der Waals surface area contributed by atoms with Crippen LogP contribution in [0.25, 0.3) is 0 Å². The molecule has 1 aliphatic rings. The lowest BCUT2D eigenvalue weighted by Crippen LogP contribution is -2.44. The van der Waals surface area contributed by atoms with Gasteiger partial charge < -0.3 is 15.1 Å². The SMILES string of the molecule is Cc1n[nH]c(C)c1CCCN(C)C(=O)N[C@H]1CC(=O)N(Cc2ccccc2)C1. The lowest BCUT2D eigenvalue weighted by molar-refractivity contribution is -0.128. The Morgan fingerprint density at radius 2 is 2.07 bits per heavy atom. The maximum atomic E-state index is 12.5. The quantitative estimate of drug-likeness (QED) is 0.770. The lowest BCUT2D eigenvalue weighted by atomic mass is 10.1. The Morgan fingerprint density at radius 1 is 1.32 bits per heavy atom. The van der Waals surface area contributed by atoms with Crippen molar-refractivity contribution < 1.29 is 9.59 Å². The van der Waals surface area contributed by atoms with E-state index in [0.29, 0.717) is 26.1 Å². The Morgan fingerprint density at radius 3 is 2.75 bits per heavy atom. The molecule has 2 aromatic rings. The molecule has 0 bridgehead atoms. The van der Waals surface area contributed by atoms with E-state index < -0.39 is 0 Å². The van der Waals surface area contributed by atoms with Crippen molar-refractivity contribution in [3.63, 3.8) is 0 Å². The second-order valence-electron chi connectivity index (χ2n) is 7.55. The van der Waals surface area contributed by atoms with Crippen LogP contribution in [0.4, 0.5) is 4.79 Å². The fourth-order valence-electron chi connectivity index (χ4n) is 3.65. The van der Waals surface area contributed by atoms with E-state index in [9.17, 15) is 9.59 Å². The Hall–Kier alpha value is -2.83. The summed E-state index contributed by atoms with van der Waals surface area (Å²) in [4.78, 5) is 28.2. The molecule has 3 amide bonds. The molecule has 3 rings (SSSR count). The van der Waals surface area contributed by atoms with Crippen LogP contribution >= 0.6 is 0 Å². The molecule has 1 atom stereocenters. The summed E-state index contributed by atoms with van der Waals surface area (Å²) in [5.74, 6) is 0.0858. The molecule has 1 saturated heterocycles. The van der Waals surface area contributed by atoms with Crippen molar-refractivity contribution in [3.05, 3.63) is 52.8 Å². The van der Waals surface area contributed by atoms with Gasteiger partial charge in [0.15, 0.2) is 0 Å². The summed E-state index contributed by atoms with van der Waals surface area (Å²) in [7, 11) is 1.79.